The molecule has 5 atom stereocenters. The van der Waals surface area contributed by atoms with Crippen LogP contribution in [0.5, 0.6) is 0 Å². The Morgan fingerprint density at radius 1 is 1.13 bits per heavy atom. The summed E-state index contributed by atoms with van der Waals surface area (Å²) in [6.07, 6.45) is -9.16. The van der Waals surface area contributed by atoms with E-state index in [1.54, 1.807) is 6.07 Å². The molecule has 1 aliphatic rings. The molecule has 0 amide bonds. The Morgan fingerprint density at radius 3 is 2.60 bits per heavy atom. The minimum absolute atomic E-state index is 0.141. The molecular weight excluding hydrogens is 405 g/mol. The summed E-state index contributed by atoms with van der Waals surface area (Å²) in [6, 6.07) is 6.46. The summed E-state index contributed by atoms with van der Waals surface area (Å²) in [5.74, 6) is 0.215. The highest BCUT2D eigenvalue weighted by atomic mass is 19.4. The van der Waals surface area contributed by atoms with Crippen LogP contribution in [0.25, 0.3) is 11.0 Å². The number of hydrogen-bond acceptors (Lipinski definition) is 7. The number of nitrogens with zero attached hydrogens (tertiary/aromatic N) is 3. The molecule has 0 aliphatic carbocycles. The van der Waals surface area contributed by atoms with Crippen LogP contribution in [0.3, 0.4) is 0 Å². The molecule has 4 rings (SSSR count). The lowest BCUT2D eigenvalue weighted by Crippen LogP contribution is -2.40. The van der Waals surface area contributed by atoms with Gasteiger partial charge in [0.25, 0.3) is 0 Å². The van der Waals surface area contributed by atoms with Gasteiger partial charge < -0.3 is 30.4 Å². The van der Waals surface area contributed by atoms with Gasteiger partial charge in [0.15, 0.2) is 6.23 Å². The van der Waals surface area contributed by atoms with E-state index < -0.39 is 48.8 Å². The number of benzene rings is 1. The van der Waals surface area contributed by atoms with E-state index in [1.807, 2.05) is 0 Å². The van der Waals surface area contributed by atoms with Crippen LogP contribution in [0, 0.1) is 0 Å². The van der Waals surface area contributed by atoms with Crippen LogP contribution < -0.4 is 5.73 Å². The van der Waals surface area contributed by atoms with E-state index in [0.29, 0.717) is 11.0 Å². The molecule has 160 valence electrons. The molecule has 0 spiro atoms. The molecule has 2 aromatic heterocycles. The molecule has 11 heteroatoms. The van der Waals surface area contributed by atoms with Gasteiger partial charge in [-0.3, -0.25) is 0 Å². The predicted octanol–water partition coefficient (Wildman–Crippen LogP) is 1.26. The fraction of sp³-hybridized carbons (Fsp3) is 0.368. The number of ether oxygens (including phenoxy) is 1. The predicted molar refractivity (Wildman–Crippen MR) is 99.0 cm³/mol. The highest BCUT2D eigenvalue weighted by Gasteiger charge is 2.47. The maximum absolute atomic E-state index is 13.2. The van der Waals surface area contributed by atoms with E-state index in [1.165, 1.54) is 35.3 Å². The Bertz CT molecular complexity index is 1060. The molecule has 3 aromatic rings. The summed E-state index contributed by atoms with van der Waals surface area (Å²) in [5.41, 5.74) is 5.12. The number of aliphatic hydroxyl groups is 3. The number of aliphatic hydroxyl groups excluding tert-OH is 3. The van der Waals surface area contributed by atoms with Gasteiger partial charge in [0.2, 0.25) is 0 Å². The average Bonchev–Trinajstić information content (AvgIpc) is 3.24. The van der Waals surface area contributed by atoms with Gasteiger partial charge in [-0.25, -0.2) is 9.97 Å². The number of alkyl halides is 3. The first-order valence-corrected chi connectivity index (χ1v) is 9.10. The van der Waals surface area contributed by atoms with Gasteiger partial charge in [-0.2, -0.15) is 13.2 Å². The van der Waals surface area contributed by atoms with Gasteiger partial charge in [-0.15, -0.1) is 0 Å². The van der Waals surface area contributed by atoms with Crippen molar-refractivity contribution in [2.24, 2.45) is 0 Å². The van der Waals surface area contributed by atoms with Crippen molar-refractivity contribution in [3.05, 3.63) is 54.0 Å². The minimum Gasteiger partial charge on any atom is -0.390 e. The monoisotopic (exact) mass is 424 g/mol. The number of nitrogen functional groups attached to an aromatic ring is 1. The summed E-state index contributed by atoms with van der Waals surface area (Å²) in [7, 11) is 0. The maximum atomic E-state index is 13.2. The standard InChI is InChI=1S/C19H19F3N4O4/c20-19(21,22)11-4-2-1-3-9(11)7-12(27)15-13(28)14(29)18(30-15)26-6-5-10-16(23)24-8-25-17(10)26/h1-6,8,12-15,18,27-29H,7H2,(H2,23,24,25)/t12?,13-,14+,15-,18+/m0/s1. The third-order valence-corrected chi connectivity index (χ3v) is 5.22. The van der Waals surface area contributed by atoms with Crippen molar-refractivity contribution < 1.29 is 33.2 Å². The summed E-state index contributed by atoms with van der Waals surface area (Å²) in [5, 5.41) is 31.9. The van der Waals surface area contributed by atoms with Crippen molar-refractivity contribution in [1.82, 2.24) is 14.5 Å². The Kier molecular flexibility index (Phi) is 5.14. The second-order valence-corrected chi connectivity index (χ2v) is 7.12. The number of anilines is 1. The van der Waals surface area contributed by atoms with Crippen LogP contribution in [0.1, 0.15) is 17.4 Å². The van der Waals surface area contributed by atoms with Crippen LogP contribution >= 0.6 is 0 Å². The second-order valence-electron chi connectivity index (χ2n) is 7.12. The molecular formula is C19H19F3N4O4. The smallest absolute Gasteiger partial charge is 0.390 e. The lowest BCUT2D eigenvalue weighted by molar-refractivity contribution is -0.138. The molecule has 5 N–H and O–H groups in total. The lowest BCUT2D eigenvalue weighted by atomic mass is 9.96. The van der Waals surface area contributed by atoms with Crippen LogP contribution in [0.4, 0.5) is 19.0 Å². The Balaban J connectivity index is 1.59. The number of nitrogens with two attached hydrogens (primary N) is 1. The molecule has 1 aliphatic heterocycles. The van der Waals surface area contributed by atoms with E-state index in [2.05, 4.69) is 9.97 Å². The Labute approximate surface area is 168 Å². The third kappa shape index (κ3) is 3.49. The zero-order valence-corrected chi connectivity index (χ0v) is 15.4. The Morgan fingerprint density at radius 2 is 1.87 bits per heavy atom. The molecule has 0 saturated carbocycles. The van der Waals surface area contributed by atoms with Crippen molar-refractivity contribution in [2.75, 3.05) is 5.73 Å². The highest BCUT2D eigenvalue weighted by Crippen LogP contribution is 2.36. The van der Waals surface area contributed by atoms with Gasteiger partial charge in [0.05, 0.1) is 17.1 Å². The van der Waals surface area contributed by atoms with Gasteiger partial charge in [0, 0.05) is 12.6 Å². The van der Waals surface area contributed by atoms with Crippen molar-refractivity contribution in [3.63, 3.8) is 0 Å². The largest absolute Gasteiger partial charge is 0.416 e. The van der Waals surface area contributed by atoms with Gasteiger partial charge >= 0.3 is 6.18 Å². The maximum Gasteiger partial charge on any atom is 0.416 e. The van der Waals surface area contributed by atoms with Crippen molar-refractivity contribution in [2.45, 2.75) is 43.2 Å². The van der Waals surface area contributed by atoms with E-state index in [0.717, 1.165) is 6.07 Å². The number of halogens is 3. The normalized spacial score (nSPS) is 25.7. The van der Waals surface area contributed by atoms with Crippen molar-refractivity contribution in [1.29, 1.82) is 0 Å². The first kappa shape index (κ1) is 20.5. The second kappa shape index (κ2) is 7.51. The third-order valence-electron chi connectivity index (χ3n) is 5.22. The van der Waals surface area contributed by atoms with E-state index >= 15 is 0 Å². The number of aromatic nitrogens is 3. The fourth-order valence-electron chi connectivity index (χ4n) is 3.75. The molecule has 8 nitrogen and oxygen atoms in total. The van der Waals surface area contributed by atoms with Gasteiger partial charge in [-0.05, 0) is 17.7 Å². The molecule has 30 heavy (non-hydrogen) atoms. The number of hydrogen-bond donors (Lipinski definition) is 4. The zero-order chi connectivity index (χ0) is 21.6. The topological polar surface area (TPSA) is 127 Å². The Hall–Kier alpha value is -2.73. The van der Waals surface area contributed by atoms with Crippen LogP contribution in [-0.2, 0) is 17.3 Å². The quantitative estimate of drug-likeness (QED) is 0.497. The van der Waals surface area contributed by atoms with Crippen LogP contribution in [0.15, 0.2) is 42.9 Å². The lowest BCUT2D eigenvalue weighted by Gasteiger charge is -2.22. The molecule has 0 radical (unpaired) electrons. The molecule has 1 saturated heterocycles. The zero-order valence-electron chi connectivity index (χ0n) is 15.4. The first-order valence-electron chi connectivity index (χ1n) is 9.10. The number of fused-ring (bicyclic) bond motifs is 1. The molecule has 1 aromatic carbocycles. The summed E-state index contributed by atoms with van der Waals surface area (Å²) in [4.78, 5) is 7.96. The SMILES string of the molecule is Nc1ncnc2c1ccn2[C@@H]1O[C@@H](C(O)Cc2ccccc2C(F)(F)F)[C@@H](O)[C@H]1O. The summed E-state index contributed by atoms with van der Waals surface area (Å²) < 4.78 is 46.7. The average molecular weight is 424 g/mol. The van der Waals surface area contributed by atoms with Crippen molar-refractivity contribution in [3.8, 4) is 0 Å². The van der Waals surface area contributed by atoms with Crippen LogP contribution in [0.2, 0.25) is 0 Å². The number of rotatable bonds is 4. The molecule has 0 bridgehead atoms. The highest BCUT2D eigenvalue weighted by molar-refractivity contribution is 5.86. The van der Waals surface area contributed by atoms with Crippen molar-refractivity contribution >= 4 is 16.9 Å². The molecule has 1 unspecified atom stereocenters. The van der Waals surface area contributed by atoms with Gasteiger partial charge in [-0.1, -0.05) is 18.2 Å². The first-order chi connectivity index (χ1) is 14.2. The molecule has 1 fully saturated rings. The molecule has 3 heterocycles. The van der Waals surface area contributed by atoms with Crippen LogP contribution in [-0.4, -0.2) is 54.3 Å². The fourth-order valence-corrected chi connectivity index (χ4v) is 3.75. The minimum atomic E-state index is -4.59. The van der Waals surface area contributed by atoms with E-state index in [-0.39, 0.29) is 11.4 Å². The van der Waals surface area contributed by atoms with E-state index in [9.17, 15) is 28.5 Å². The summed E-state index contributed by atoms with van der Waals surface area (Å²) in [6.45, 7) is 0. The van der Waals surface area contributed by atoms with E-state index in [4.69, 9.17) is 10.5 Å². The van der Waals surface area contributed by atoms with Gasteiger partial charge in [0.1, 0.15) is 36.1 Å². The summed E-state index contributed by atoms with van der Waals surface area (Å²) >= 11 is 0.